The number of aliphatic hydroxyl groups excluding tert-OH is 1. The van der Waals surface area contributed by atoms with Crippen LogP contribution in [-0.2, 0) is 5.41 Å². The lowest BCUT2D eigenvalue weighted by atomic mass is 9.70. The molecule has 4 aromatic rings. The molecule has 4 rings (SSSR count). The van der Waals surface area contributed by atoms with E-state index in [-0.39, 0.29) is 6.61 Å². The average Bonchev–Trinajstić information content (AvgIpc) is 2.77. The van der Waals surface area contributed by atoms with Gasteiger partial charge in [-0.1, -0.05) is 48.0 Å². The molecule has 5 heteroatoms. The fourth-order valence-corrected chi connectivity index (χ4v) is 3.82. The molecule has 0 atom stereocenters. The number of nitrogens with zero attached hydrogens (tertiary/aromatic N) is 3. The summed E-state index contributed by atoms with van der Waals surface area (Å²) in [5.41, 5.74) is 3.19. The number of hydrogen-bond donors (Lipinski definition) is 1. The van der Waals surface area contributed by atoms with E-state index in [0.717, 1.165) is 27.9 Å². The first kappa shape index (κ1) is 18.3. The predicted molar refractivity (Wildman–Crippen MR) is 110 cm³/mol. The number of aromatic nitrogens is 3. The fraction of sp³-hybridized carbons (Fsp3) is 0.0870. The highest BCUT2D eigenvalue weighted by molar-refractivity contribution is 6.33. The number of aliphatic hydroxyl groups is 1. The van der Waals surface area contributed by atoms with Crippen LogP contribution in [0, 0.1) is 0 Å². The Balaban J connectivity index is 2.07. The molecule has 0 fully saturated rings. The maximum Gasteiger partial charge on any atom is 0.0762 e. The third-order valence-corrected chi connectivity index (χ3v) is 5.27. The minimum absolute atomic E-state index is 0.173. The van der Waals surface area contributed by atoms with Gasteiger partial charge < -0.3 is 5.11 Å². The van der Waals surface area contributed by atoms with Gasteiger partial charge in [-0.05, 0) is 41.0 Å². The highest BCUT2D eigenvalue weighted by atomic mass is 35.5. The van der Waals surface area contributed by atoms with Gasteiger partial charge in [0.1, 0.15) is 0 Å². The maximum atomic E-state index is 10.8. The standard InChI is InChI=1S/C23H18ClN3O/c24-21-10-2-1-8-19(21)22-20(9-5-13-27-22)23(16-28,17-6-3-11-25-14-17)18-7-4-12-26-15-18/h1-15,28H,16H2. The summed E-state index contributed by atoms with van der Waals surface area (Å²) in [5.74, 6) is 0. The molecule has 0 bridgehead atoms. The summed E-state index contributed by atoms with van der Waals surface area (Å²) in [6, 6.07) is 19.1. The molecule has 0 spiro atoms. The molecule has 0 saturated heterocycles. The summed E-state index contributed by atoms with van der Waals surface area (Å²) < 4.78 is 0. The van der Waals surface area contributed by atoms with Gasteiger partial charge in [0.05, 0.1) is 17.7 Å². The Kier molecular flexibility index (Phi) is 5.15. The molecular weight excluding hydrogens is 370 g/mol. The van der Waals surface area contributed by atoms with Crippen molar-refractivity contribution in [2.24, 2.45) is 0 Å². The molecule has 4 nitrogen and oxygen atoms in total. The van der Waals surface area contributed by atoms with Crippen molar-refractivity contribution in [3.05, 3.63) is 113 Å². The van der Waals surface area contributed by atoms with E-state index < -0.39 is 5.41 Å². The number of halogens is 1. The van der Waals surface area contributed by atoms with E-state index in [2.05, 4.69) is 15.0 Å². The van der Waals surface area contributed by atoms with Crippen LogP contribution < -0.4 is 0 Å². The Morgan fingerprint density at radius 2 is 1.43 bits per heavy atom. The van der Waals surface area contributed by atoms with E-state index in [4.69, 9.17) is 11.6 Å². The Labute approximate surface area is 168 Å². The lowest BCUT2D eigenvalue weighted by Gasteiger charge is -2.34. The summed E-state index contributed by atoms with van der Waals surface area (Å²) >= 11 is 6.49. The van der Waals surface area contributed by atoms with Gasteiger partial charge >= 0.3 is 0 Å². The summed E-state index contributed by atoms with van der Waals surface area (Å²) in [5, 5.41) is 11.4. The van der Waals surface area contributed by atoms with Crippen molar-refractivity contribution in [1.29, 1.82) is 0 Å². The van der Waals surface area contributed by atoms with Crippen molar-refractivity contribution < 1.29 is 5.11 Å². The first-order valence-corrected chi connectivity index (χ1v) is 9.27. The van der Waals surface area contributed by atoms with Gasteiger partial charge in [-0.25, -0.2) is 0 Å². The van der Waals surface area contributed by atoms with Gasteiger partial charge in [0.15, 0.2) is 0 Å². The molecule has 0 unspecified atom stereocenters. The van der Waals surface area contributed by atoms with Gasteiger partial charge in [0, 0.05) is 41.6 Å². The first-order chi connectivity index (χ1) is 13.8. The minimum Gasteiger partial charge on any atom is -0.395 e. The molecule has 1 aromatic carbocycles. The Morgan fingerprint density at radius 1 is 0.786 bits per heavy atom. The van der Waals surface area contributed by atoms with Gasteiger partial charge in [-0.2, -0.15) is 0 Å². The number of hydrogen-bond acceptors (Lipinski definition) is 4. The number of benzene rings is 1. The Morgan fingerprint density at radius 3 is 2.00 bits per heavy atom. The monoisotopic (exact) mass is 387 g/mol. The van der Waals surface area contributed by atoms with Crippen LogP contribution >= 0.6 is 11.6 Å². The Hall–Kier alpha value is -3.08. The van der Waals surface area contributed by atoms with Crippen molar-refractivity contribution in [2.75, 3.05) is 6.61 Å². The van der Waals surface area contributed by atoms with Crippen LogP contribution in [0.25, 0.3) is 11.3 Å². The second-order valence-electron chi connectivity index (χ2n) is 6.43. The van der Waals surface area contributed by atoms with Gasteiger partial charge in [0.2, 0.25) is 0 Å². The molecular formula is C23H18ClN3O. The maximum absolute atomic E-state index is 10.8. The summed E-state index contributed by atoms with van der Waals surface area (Å²) in [4.78, 5) is 13.2. The van der Waals surface area contributed by atoms with Crippen LogP contribution in [0.15, 0.2) is 91.6 Å². The predicted octanol–water partition coefficient (Wildman–Crippen LogP) is 4.52. The Bertz CT molecular complexity index is 1030. The molecule has 0 aliphatic rings. The van der Waals surface area contributed by atoms with Crippen LogP contribution in [0.1, 0.15) is 16.7 Å². The second-order valence-corrected chi connectivity index (χ2v) is 6.83. The number of rotatable bonds is 5. The molecule has 0 amide bonds. The largest absolute Gasteiger partial charge is 0.395 e. The van der Waals surface area contributed by atoms with Gasteiger partial charge in [-0.15, -0.1) is 0 Å². The third kappa shape index (κ3) is 3.07. The van der Waals surface area contributed by atoms with E-state index in [1.807, 2.05) is 60.7 Å². The topological polar surface area (TPSA) is 58.9 Å². The van der Waals surface area contributed by atoms with Crippen LogP contribution in [-0.4, -0.2) is 26.7 Å². The average molecular weight is 388 g/mol. The molecule has 0 aliphatic heterocycles. The molecule has 0 saturated carbocycles. The zero-order valence-electron chi connectivity index (χ0n) is 15.0. The first-order valence-electron chi connectivity index (χ1n) is 8.89. The highest BCUT2D eigenvalue weighted by Crippen LogP contribution is 2.43. The molecule has 3 aromatic heterocycles. The van der Waals surface area contributed by atoms with E-state index >= 15 is 0 Å². The van der Waals surface area contributed by atoms with Crippen LogP contribution in [0.2, 0.25) is 5.02 Å². The van der Waals surface area contributed by atoms with E-state index in [1.54, 1.807) is 31.0 Å². The van der Waals surface area contributed by atoms with Crippen molar-refractivity contribution in [3.8, 4) is 11.3 Å². The van der Waals surface area contributed by atoms with E-state index in [9.17, 15) is 5.11 Å². The van der Waals surface area contributed by atoms with Crippen molar-refractivity contribution in [2.45, 2.75) is 5.41 Å². The quantitative estimate of drug-likeness (QED) is 0.547. The molecule has 28 heavy (non-hydrogen) atoms. The second kappa shape index (κ2) is 7.89. The molecule has 3 heterocycles. The normalized spacial score (nSPS) is 11.4. The van der Waals surface area contributed by atoms with E-state index in [0.29, 0.717) is 5.02 Å². The lowest BCUT2D eigenvalue weighted by Crippen LogP contribution is -2.34. The summed E-state index contributed by atoms with van der Waals surface area (Å²) in [7, 11) is 0. The fourth-order valence-electron chi connectivity index (χ4n) is 3.59. The molecule has 138 valence electrons. The molecule has 0 aliphatic carbocycles. The van der Waals surface area contributed by atoms with Gasteiger partial charge in [-0.3, -0.25) is 15.0 Å². The highest BCUT2D eigenvalue weighted by Gasteiger charge is 2.39. The lowest BCUT2D eigenvalue weighted by molar-refractivity contribution is 0.242. The third-order valence-electron chi connectivity index (χ3n) is 4.94. The summed E-state index contributed by atoms with van der Waals surface area (Å²) in [6.07, 6.45) is 8.70. The zero-order valence-corrected chi connectivity index (χ0v) is 15.8. The molecule has 1 N–H and O–H groups in total. The molecule has 0 radical (unpaired) electrons. The van der Waals surface area contributed by atoms with Crippen LogP contribution in [0.3, 0.4) is 0 Å². The zero-order chi connectivity index (χ0) is 19.4. The SMILES string of the molecule is OCC(c1cccnc1)(c1cccnc1)c1cccnc1-c1ccccc1Cl. The van der Waals surface area contributed by atoms with Gasteiger partial charge in [0.25, 0.3) is 0 Å². The smallest absolute Gasteiger partial charge is 0.0762 e. The van der Waals surface area contributed by atoms with Crippen molar-refractivity contribution in [1.82, 2.24) is 15.0 Å². The van der Waals surface area contributed by atoms with Crippen LogP contribution in [0.5, 0.6) is 0 Å². The minimum atomic E-state index is -0.884. The summed E-state index contributed by atoms with van der Waals surface area (Å²) in [6.45, 7) is -0.173. The van der Waals surface area contributed by atoms with Crippen LogP contribution in [0.4, 0.5) is 0 Å². The van der Waals surface area contributed by atoms with Crippen molar-refractivity contribution >= 4 is 11.6 Å². The van der Waals surface area contributed by atoms with E-state index in [1.165, 1.54) is 0 Å². The van der Waals surface area contributed by atoms with Crippen molar-refractivity contribution in [3.63, 3.8) is 0 Å². The number of pyridine rings is 3.